The summed E-state index contributed by atoms with van der Waals surface area (Å²) in [6.45, 7) is 6.82. The number of rotatable bonds is 6. The molecule has 0 heterocycles. The molecular weight excluding hydrogens is 260 g/mol. The van der Waals surface area contributed by atoms with E-state index in [0.717, 1.165) is 11.1 Å². The Morgan fingerprint density at radius 2 is 1.95 bits per heavy atom. The summed E-state index contributed by atoms with van der Waals surface area (Å²) in [5, 5.41) is 0. The van der Waals surface area contributed by atoms with Crippen molar-refractivity contribution in [2.45, 2.75) is 38.6 Å². The van der Waals surface area contributed by atoms with Crippen LogP contribution in [-0.4, -0.2) is 26.3 Å². The SMILES string of the molecule is CCc1ccc(CN)cc1S(=O)(=O)N(C)CC(C)C. The van der Waals surface area contributed by atoms with Crippen LogP contribution in [0.2, 0.25) is 0 Å². The van der Waals surface area contributed by atoms with Crippen molar-refractivity contribution in [2.24, 2.45) is 11.7 Å². The van der Waals surface area contributed by atoms with Gasteiger partial charge in [-0.2, -0.15) is 0 Å². The molecule has 0 aromatic heterocycles. The second-order valence-electron chi connectivity index (χ2n) is 5.18. The summed E-state index contributed by atoms with van der Waals surface area (Å²) >= 11 is 0. The molecule has 0 aliphatic carbocycles. The molecule has 1 aromatic rings. The Bertz CT molecular complexity index is 524. The molecule has 0 spiro atoms. The maximum Gasteiger partial charge on any atom is 0.243 e. The van der Waals surface area contributed by atoms with E-state index in [0.29, 0.717) is 30.3 Å². The smallest absolute Gasteiger partial charge is 0.243 e. The van der Waals surface area contributed by atoms with Crippen molar-refractivity contribution in [1.82, 2.24) is 4.31 Å². The largest absolute Gasteiger partial charge is 0.326 e. The zero-order valence-corrected chi connectivity index (χ0v) is 13.0. The van der Waals surface area contributed by atoms with Gasteiger partial charge in [-0.1, -0.05) is 32.9 Å². The van der Waals surface area contributed by atoms with Crippen molar-refractivity contribution in [3.05, 3.63) is 29.3 Å². The summed E-state index contributed by atoms with van der Waals surface area (Å²) in [4.78, 5) is 0.390. The molecule has 2 N–H and O–H groups in total. The average Bonchev–Trinajstić information content (AvgIpc) is 2.37. The summed E-state index contributed by atoms with van der Waals surface area (Å²) in [7, 11) is -1.80. The van der Waals surface area contributed by atoms with Gasteiger partial charge in [0.1, 0.15) is 0 Å². The molecule has 0 saturated carbocycles. The highest BCUT2D eigenvalue weighted by Crippen LogP contribution is 2.22. The number of nitrogens with zero attached hydrogens (tertiary/aromatic N) is 1. The third-order valence-corrected chi connectivity index (χ3v) is 4.96. The topological polar surface area (TPSA) is 63.4 Å². The lowest BCUT2D eigenvalue weighted by Gasteiger charge is -2.21. The van der Waals surface area contributed by atoms with Crippen molar-refractivity contribution in [1.29, 1.82) is 0 Å². The molecule has 0 fully saturated rings. The second kappa shape index (κ2) is 6.50. The van der Waals surface area contributed by atoms with Crippen LogP contribution in [-0.2, 0) is 23.0 Å². The quantitative estimate of drug-likeness (QED) is 0.869. The van der Waals surface area contributed by atoms with Crippen molar-refractivity contribution in [3.8, 4) is 0 Å². The molecule has 0 radical (unpaired) electrons. The Balaban J connectivity index is 3.26. The molecular formula is C14H24N2O2S. The molecule has 5 heteroatoms. The lowest BCUT2D eigenvalue weighted by molar-refractivity contribution is 0.417. The summed E-state index contributed by atoms with van der Waals surface area (Å²) < 4.78 is 26.6. The van der Waals surface area contributed by atoms with Gasteiger partial charge in [-0.05, 0) is 29.5 Å². The van der Waals surface area contributed by atoms with Gasteiger partial charge in [0, 0.05) is 20.1 Å². The minimum absolute atomic E-state index is 0.294. The third-order valence-electron chi connectivity index (χ3n) is 3.06. The predicted octanol–water partition coefficient (Wildman–Crippen LogP) is 1.98. The second-order valence-corrected chi connectivity index (χ2v) is 7.19. The number of aryl methyl sites for hydroxylation is 1. The van der Waals surface area contributed by atoms with Crippen molar-refractivity contribution in [2.75, 3.05) is 13.6 Å². The van der Waals surface area contributed by atoms with Crippen LogP contribution in [0.4, 0.5) is 0 Å². The van der Waals surface area contributed by atoms with Gasteiger partial charge < -0.3 is 5.73 Å². The van der Waals surface area contributed by atoms with E-state index in [1.54, 1.807) is 13.1 Å². The highest BCUT2D eigenvalue weighted by atomic mass is 32.2. The molecule has 0 unspecified atom stereocenters. The zero-order chi connectivity index (χ0) is 14.6. The Morgan fingerprint density at radius 3 is 2.42 bits per heavy atom. The van der Waals surface area contributed by atoms with Gasteiger partial charge in [0.25, 0.3) is 0 Å². The average molecular weight is 284 g/mol. The number of hydrogen-bond donors (Lipinski definition) is 1. The van der Waals surface area contributed by atoms with Gasteiger partial charge in [-0.15, -0.1) is 0 Å². The van der Waals surface area contributed by atoms with Crippen LogP contribution < -0.4 is 5.73 Å². The molecule has 0 bridgehead atoms. The molecule has 0 saturated heterocycles. The lowest BCUT2D eigenvalue weighted by atomic mass is 10.1. The maximum absolute atomic E-state index is 12.6. The first-order valence-electron chi connectivity index (χ1n) is 6.61. The normalized spacial score (nSPS) is 12.4. The minimum atomic E-state index is -3.43. The van der Waals surface area contributed by atoms with Crippen molar-refractivity contribution in [3.63, 3.8) is 0 Å². The lowest BCUT2D eigenvalue weighted by Crippen LogP contribution is -2.31. The van der Waals surface area contributed by atoms with Crippen LogP contribution >= 0.6 is 0 Å². The van der Waals surface area contributed by atoms with Gasteiger partial charge in [0.05, 0.1) is 4.90 Å². The first-order valence-corrected chi connectivity index (χ1v) is 8.05. The van der Waals surface area contributed by atoms with Crippen LogP contribution in [0.25, 0.3) is 0 Å². The van der Waals surface area contributed by atoms with Crippen LogP contribution in [0, 0.1) is 5.92 Å². The number of benzene rings is 1. The monoisotopic (exact) mass is 284 g/mol. The van der Waals surface area contributed by atoms with E-state index in [1.165, 1.54) is 4.31 Å². The molecule has 108 valence electrons. The van der Waals surface area contributed by atoms with Gasteiger partial charge in [0.2, 0.25) is 10.0 Å². The molecule has 19 heavy (non-hydrogen) atoms. The third kappa shape index (κ3) is 3.78. The minimum Gasteiger partial charge on any atom is -0.326 e. The van der Waals surface area contributed by atoms with E-state index in [4.69, 9.17) is 5.73 Å². The van der Waals surface area contributed by atoms with Crippen LogP contribution in [0.3, 0.4) is 0 Å². The van der Waals surface area contributed by atoms with Crippen LogP contribution in [0.15, 0.2) is 23.1 Å². The fraction of sp³-hybridized carbons (Fsp3) is 0.571. The molecule has 0 aliphatic rings. The molecule has 1 rings (SSSR count). The van der Waals surface area contributed by atoms with Crippen LogP contribution in [0.1, 0.15) is 31.9 Å². The highest BCUT2D eigenvalue weighted by molar-refractivity contribution is 7.89. The van der Waals surface area contributed by atoms with E-state index in [9.17, 15) is 8.42 Å². The van der Waals surface area contributed by atoms with E-state index in [-0.39, 0.29) is 0 Å². The van der Waals surface area contributed by atoms with Crippen LogP contribution in [0.5, 0.6) is 0 Å². The Hall–Kier alpha value is -0.910. The first kappa shape index (κ1) is 16.1. The molecule has 0 aliphatic heterocycles. The molecule has 0 amide bonds. The predicted molar refractivity (Wildman–Crippen MR) is 78.4 cm³/mol. The standard InChI is InChI=1S/C14H24N2O2S/c1-5-13-7-6-12(9-15)8-14(13)19(17,18)16(4)10-11(2)3/h6-8,11H,5,9-10,15H2,1-4H3. The van der Waals surface area contributed by atoms with Crippen molar-refractivity contribution < 1.29 is 8.42 Å². The summed E-state index contributed by atoms with van der Waals surface area (Å²) in [5.41, 5.74) is 7.28. The summed E-state index contributed by atoms with van der Waals surface area (Å²) in [5.74, 6) is 0.294. The van der Waals surface area contributed by atoms with Gasteiger partial charge >= 0.3 is 0 Å². The molecule has 1 aromatic carbocycles. The van der Waals surface area contributed by atoms with E-state index >= 15 is 0 Å². The zero-order valence-electron chi connectivity index (χ0n) is 12.2. The number of hydrogen-bond acceptors (Lipinski definition) is 3. The first-order chi connectivity index (χ1) is 8.82. The number of nitrogens with two attached hydrogens (primary N) is 1. The summed E-state index contributed by atoms with van der Waals surface area (Å²) in [6, 6.07) is 5.45. The Morgan fingerprint density at radius 1 is 1.32 bits per heavy atom. The Kier molecular flexibility index (Phi) is 5.52. The Labute approximate surface area is 116 Å². The molecule has 0 atom stereocenters. The maximum atomic E-state index is 12.6. The van der Waals surface area contributed by atoms with Gasteiger partial charge in [-0.3, -0.25) is 0 Å². The molecule has 4 nitrogen and oxygen atoms in total. The fourth-order valence-corrected chi connectivity index (χ4v) is 3.71. The summed E-state index contributed by atoms with van der Waals surface area (Å²) in [6.07, 6.45) is 0.689. The van der Waals surface area contributed by atoms with E-state index in [1.807, 2.05) is 32.9 Å². The number of sulfonamides is 1. The van der Waals surface area contributed by atoms with Crippen molar-refractivity contribution >= 4 is 10.0 Å². The van der Waals surface area contributed by atoms with E-state index < -0.39 is 10.0 Å². The van der Waals surface area contributed by atoms with Gasteiger partial charge in [-0.25, -0.2) is 12.7 Å². The highest BCUT2D eigenvalue weighted by Gasteiger charge is 2.24. The fourth-order valence-electron chi connectivity index (χ4n) is 2.04. The van der Waals surface area contributed by atoms with Gasteiger partial charge in [0.15, 0.2) is 0 Å². The van der Waals surface area contributed by atoms with E-state index in [2.05, 4.69) is 0 Å².